The maximum absolute atomic E-state index is 12.2. The molecule has 2 aromatic carbocycles. The fourth-order valence-electron chi connectivity index (χ4n) is 2.26. The van der Waals surface area contributed by atoms with Gasteiger partial charge in [0.15, 0.2) is 0 Å². The van der Waals surface area contributed by atoms with Gasteiger partial charge in [-0.1, -0.05) is 32.0 Å². The third kappa shape index (κ3) is 5.81. The minimum Gasteiger partial charge on any atom is -0.491 e. The van der Waals surface area contributed by atoms with Crippen LogP contribution < -0.4 is 20.7 Å². The van der Waals surface area contributed by atoms with Gasteiger partial charge in [-0.3, -0.25) is 9.59 Å². The summed E-state index contributed by atoms with van der Waals surface area (Å²) in [6.07, 6.45) is 0. The maximum Gasteiger partial charge on any atom is 0.251 e. The van der Waals surface area contributed by atoms with Gasteiger partial charge in [0, 0.05) is 18.3 Å². The zero-order valence-electron chi connectivity index (χ0n) is 15.3. The average molecular weight is 355 g/mol. The normalized spacial score (nSPS) is 10.3. The number of nitrogens with one attached hydrogen (secondary N) is 3. The van der Waals surface area contributed by atoms with E-state index in [1.54, 1.807) is 31.3 Å². The summed E-state index contributed by atoms with van der Waals surface area (Å²) in [6.45, 7) is 4.86. The van der Waals surface area contributed by atoms with Gasteiger partial charge in [0.05, 0.1) is 18.8 Å². The van der Waals surface area contributed by atoms with Crippen LogP contribution in [0.5, 0.6) is 5.75 Å². The van der Waals surface area contributed by atoms with E-state index >= 15 is 0 Å². The molecule has 0 aromatic heterocycles. The molecule has 0 unspecified atom stereocenters. The molecule has 0 atom stereocenters. The first kappa shape index (κ1) is 19.3. The lowest BCUT2D eigenvalue weighted by atomic mass is 10.2. The van der Waals surface area contributed by atoms with Crippen LogP contribution in [0.3, 0.4) is 0 Å². The number of anilines is 2. The largest absolute Gasteiger partial charge is 0.491 e. The van der Waals surface area contributed by atoms with Gasteiger partial charge in [0.25, 0.3) is 5.91 Å². The lowest BCUT2D eigenvalue weighted by Gasteiger charge is -2.14. The van der Waals surface area contributed by atoms with E-state index in [0.717, 1.165) is 11.4 Å². The van der Waals surface area contributed by atoms with E-state index in [-0.39, 0.29) is 18.4 Å². The average Bonchev–Trinajstić information content (AvgIpc) is 2.64. The van der Waals surface area contributed by atoms with Gasteiger partial charge in [-0.05, 0) is 36.2 Å². The Morgan fingerprint density at radius 2 is 1.85 bits per heavy atom. The van der Waals surface area contributed by atoms with Crippen molar-refractivity contribution in [2.24, 2.45) is 5.92 Å². The number of hydrogen-bond acceptors (Lipinski definition) is 4. The van der Waals surface area contributed by atoms with Crippen LogP contribution in [0.15, 0.2) is 48.5 Å². The Morgan fingerprint density at radius 1 is 1.08 bits per heavy atom. The van der Waals surface area contributed by atoms with E-state index in [9.17, 15) is 9.59 Å². The number of carbonyl (C=O) groups excluding carboxylic acids is 2. The number of para-hydroxylation sites is 2. The first-order chi connectivity index (χ1) is 12.5. The predicted molar refractivity (Wildman–Crippen MR) is 104 cm³/mol. The maximum atomic E-state index is 12.2. The molecule has 2 rings (SSSR count). The van der Waals surface area contributed by atoms with E-state index in [4.69, 9.17) is 4.74 Å². The summed E-state index contributed by atoms with van der Waals surface area (Å²) in [5.74, 6) is 0.725. The molecule has 3 N–H and O–H groups in total. The van der Waals surface area contributed by atoms with Crippen LogP contribution in [0.25, 0.3) is 0 Å². The third-order valence-electron chi connectivity index (χ3n) is 3.53. The summed E-state index contributed by atoms with van der Waals surface area (Å²) in [6, 6.07) is 14.3. The van der Waals surface area contributed by atoms with E-state index in [2.05, 4.69) is 29.8 Å². The standard InChI is InChI=1S/C20H25N3O3/c1-14(2)13-26-18-10-5-4-9-17(18)22-12-19(24)23-16-8-6-7-15(11-16)20(25)21-3/h4-11,14,22H,12-13H2,1-3H3,(H,21,25)(H,23,24). The molecule has 26 heavy (non-hydrogen) atoms. The van der Waals surface area contributed by atoms with Crippen molar-refractivity contribution >= 4 is 23.2 Å². The molecule has 6 nitrogen and oxygen atoms in total. The van der Waals surface area contributed by atoms with Crippen molar-refractivity contribution in [3.8, 4) is 5.75 Å². The molecule has 0 spiro atoms. The van der Waals surface area contributed by atoms with Crippen molar-refractivity contribution < 1.29 is 14.3 Å². The molecule has 6 heteroatoms. The zero-order valence-corrected chi connectivity index (χ0v) is 15.3. The summed E-state index contributed by atoms with van der Waals surface area (Å²) in [5.41, 5.74) is 1.83. The molecule has 0 aliphatic heterocycles. The van der Waals surface area contributed by atoms with E-state index in [0.29, 0.717) is 23.8 Å². The Hall–Kier alpha value is -3.02. The topological polar surface area (TPSA) is 79.5 Å². The Bertz CT molecular complexity index is 759. The molecule has 138 valence electrons. The molecule has 0 aliphatic carbocycles. The number of rotatable bonds is 8. The molecule has 0 saturated heterocycles. The molecule has 2 amide bonds. The molecule has 0 fully saturated rings. The highest BCUT2D eigenvalue weighted by atomic mass is 16.5. The Morgan fingerprint density at radius 3 is 2.58 bits per heavy atom. The van der Waals surface area contributed by atoms with Crippen LogP contribution in [-0.2, 0) is 4.79 Å². The van der Waals surface area contributed by atoms with Crippen LogP contribution >= 0.6 is 0 Å². The molecule has 0 aliphatic rings. The van der Waals surface area contributed by atoms with Crippen LogP contribution in [-0.4, -0.2) is 32.0 Å². The first-order valence-corrected chi connectivity index (χ1v) is 8.57. The van der Waals surface area contributed by atoms with Gasteiger partial charge in [-0.15, -0.1) is 0 Å². The van der Waals surface area contributed by atoms with Gasteiger partial charge >= 0.3 is 0 Å². The number of hydrogen-bond donors (Lipinski definition) is 3. The van der Waals surface area contributed by atoms with Gasteiger partial charge in [-0.2, -0.15) is 0 Å². The van der Waals surface area contributed by atoms with Crippen LogP contribution in [0.4, 0.5) is 11.4 Å². The fourth-order valence-corrected chi connectivity index (χ4v) is 2.26. The van der Waals surface area contributed by atoms with Gasteiger partial charge < -0.3 is 20.7 Å². The van der Waals surface area contributed by atoms with Crippen molar-refractivity contribution in [2.75, 3.05) is 30.8 Å². The molecular formula is C20H25N3O3. The minimum atomic E-state index is -0.210. The van der Waals surface area contributed by atoms with Gasteiger partial charge in [-0.25, -0.2) is 0 Å². The van der Waals surface area contributed by atoms with Gasteiger partial charge in [0.1, 0.15) is 5.75 Å². The molecule has 0 saturated carbocycles. The minimum absolute atomic E-state index is 0.0895. The highest BCUT2D eigenvalue weighted by molar-refractivity contribution is 5.98. The second kappa shape index (κ2) is 9.46. The SMILES string of the molecule is CNC(=O)c1cccc(NC(=O)CNc2ccccc2OCC(C)C)c1. The van der Waals surface area contributed by atoms with Crippen LogP contribution in [0.1, 0.15) is 24.2 Å². The van der Waals surface area contributed by atoms with E-state index in [1.165, 1.54) is 0 Å². The smallest absolute Gasteiger partial charge is 0.251 e. The summed E-state index contributed by atoms with van der Waals surface area (Å²) in [4.78, 5) is 23.9. The summed E-state index contributed by atoms with van der Waals surface area (Å²) >= 11 is 0. The molecule has 0 bridgehead atoms. The Balaban J connectivity index is 1.94. The monoisotopic (exact) mass is 355 g/mol. The number of ether oxygens (including phenoxy) is 1. The fraction of sp³-hybridized carbons (Fsp3) is 0.300. The highest BCUT2D eigenvalue weighted by Gasteiger charge is 2.08. The Kier molecular flexibility index (Phi) is 7.02. The van der Waals surface area contributed by atoms with E-state index in [1.807, 2.05) is 24.3 Å². The van der Waals surface area contributed by atoms with Crippen molar-refractivity contribution in [1.82, 2.24) is 5.32 Å². The van der Waals surface area contributed by atoms with Crippen molar-refractivity contribution in [3.63, 3.8) is 0 Å². The second-order valence-electron chi connectivity index (χ2n) is 6.26. The molecule has 0 radical (unpaired) electrons. The lowest BCUT2D eigenvalue weighted by molar-refractivity contribution is -0.114. The highest BCUT2D eigenvalue weighted by Crippen LogP contribution is 2.24. The Labute approximate surface area is 153 Å². The number of amides is 2. The molecular weight excluding hydrogens is 330 g/mol. The van der Waals surface area contributed by atoms with Crippen LogP contribution in [0, 0.1) is 5.92 Å². The second-order valence-corrected chi connectivity index (χ2v) is 6.26. The first-order valence-electron chi connectivity index (χ1n) is 8.57. The quantitative estimate of drug-likeness (QED) is 0.680. The molecule has 0 heterocycles. The summed E-state index contributed by atoms with van der Waals surface area (Å²) in [5, 5.41) is 8.42. The van der Waals surface area contributed by atoms with E-state index < -0.39 is 0 Å². The van der Waals surface area contributed by atoms with Gasteiger partial charge in [0.2, 0.25) is 5.91 Å². The van der Waals surface area contributed by atoms with Crippen molar-refractivity contribution in [1.29, 1.82) is 0 Å². The zero-order chi connectivity index (χ0) is 18.9. The third-order valence-corrected chi connectivity index (χ3v) is 3.53. The van der Waals surface area contributed by atoms with Crippen molar-refractivity contribution in [3.05, 3.63) is 54.1 Å². The number of benzene rings is 2. The summed E-state index contributed by atoms with van der Waals surface area (Å²) < 4.78 is 5.76. The predicted octanol–water partition coefficient (Wildman–Crippen LogP) is 3.13. The van der Waals surface area contributed by atoms with Crippen molar-refractivity contribution in [2.45, 2.75) is 13.8 Å². The summed E-state index contributed by atoms with van der Waals surface area (Å²) in [7, 11) is 1.57. The molecule has 2 aromatic rings. The van der Waals surface area contributed by atoms with Crippen LogP contribution in [0.2, 0.25) is 0 Å². The lowest BCUT2D eigenvalue weighted by Crippen LogP contribution is -2.23. The number of carbonyl (C=O) groups is 2.